The van der Waals surface area contributed by atoms with Crippen LogP contribution in [-0.4, -0.2) is 24.6 Å². The van der Waals surface area contributed by atoms with Crippen molar-refractivity contribution in [1.82, 2.24) is 19.5 Å². The molecule has 0 saturated carbocycles. The molecule has 0 radical (unpaired) electrons. The van der Waals surface area contributed by atoms with Crippen LogP contribution in [-0.2, 0) is 10.8 Å². The third-order valence-corrected chi connectivity index (χ3v) is 13.5. The van der Waals surface area contributed by atoms with Crippen LogP contribution in [0.15, 0.2) is 163 Å². The van der Waals surface area contributed by atoms with Crippen LogP contribution < -0.4 is 15.2 Å². The molecule has 1 unspecified atom stereocenters. The lowest BCUT2D eigenvalue weighted by Gasteiger charge is -2.42. The molecule has 7 aromatic carbocycles. The van der Waals surface area contributed by atoms with Crippen LogP contribution >= 0.6 is 0 Å². The van der Waals surface area contributed by atoms with E-state index in [1.807, 2.05) is 18.2 Å². The Morgan fingerprint density at radius 3 is 1.56 bits per heavy atom. The Morgan fingerprint density at radius 2 is 1.02 bits per heavy atom. The predicted molar refractivity (Wildman–Crippen MR) is 244 cm³/mol. The van der Waals surface area contributed by atoms with E-state index in [0.29, 0.717) is 33.2 Å². The van der Waals surface area contributed by atoms with Crippen molar-refractivity contribution >= 4 is 55.9 Å². The number of hydrogen-bond donors (Lipinski definition) is 1. The van der Waals surface area contributed by atoms with Gasteiger partial charge in [-0.3, -0.25) is 4.79 Å². The van der Waals surface area contributed by atoms with Gasteiger partial charge in [0.05, 0.1) is 39.5 Å². The molecule has 5 heterocycles. The SMILES string of the molecule is CC1(C)c2ccccc2N(c2ccc3c(c2)C(O)c2cc(-c4ncncn4)cc4c(=O)c5cc(N6c7ccccc7C(C)(C)c7ccccc76)ccc5n-3c24)c2ccccc21. The van der Waals surface area contributed by atoms with E-state index in [1.165, 1.54) is 34.9 Å². The number of hydrogen-bond acceptors (Lipinski definition) is 7. The van der Waals surface area contributed by atoms with E-state index in [4.69, 9.17) is 0 Å². The number of anilines is 6. The van der Waals surface area contributed by atoms with Crippen molar-refractivity contribution in [3.8, 4) is 17.1 Å². The number of para-hydroxylation sites is 4. The van der Waals surface area contributed by atoms with Crippen LogP contribution in [0.5, 0.6) is 0 Å². The zero-order valence-electron chi connectivity index (χ0n) is 34.1. The van der Waals surface area contributed by atoms with E-state index in [-0.39, 0.29) is 16.3 Å². The van der Waals surface area contributed by atoms with Crippen molar-refractivity contribution in [2.24, 2.45) is 0 Å². The lowest BCUT2D eigenvalue weighted by molar-refractivity contribution is 0.219. The van der Waals surface area contributed by atoms with E-state index in [9.17, 15) is 5.11 Å². The summed E-state index contributed by atoms with van der Waals surface area (Å²) in [5.74, 6) is 0.424. The fourth-order valence-electron chi connectivity index (χ4n) is 10.5. The molecule has 0 aliphatic carbocycles. The Kier molecular flexibility index (Phi) is 7.31. The number of pyridine rings is 1. The van der Waals surface area contributed by atoms with Crippen LogP contribution in [0.3, 0.4) is 0 Å². The average Bonchev–Trinajstić information content (AvgIpc) is 3.29. The molecular formula is C53H40N6O2. The molecule has 1 N–H and O–H groups in total. The van der Waals surface area contributed by atoms with E-state index in [1.54, 1.807) is 0 Å². The first kappa shape index (κ1) is 35.5. The van der Waals surface area contributed by atoms with Crippen molar-refractivity contribution in [2.75, 3.05) is 9.80 Å². The van der Waals surface area contributed by atoms with Gasteiger partial charge in [-0.2, -0.15) is 0 Å². The van der Waals surface area contributed by atoms with E-state index in [2.05, 4.69) is 184 Å². The fourth-order valence-corrected chi connectivity index (χ4v) is 10.5. The van der Waals surface area contributed by atoms with Gasteiger partial charge < -0.3 is 19.5 Å². The average molecular weight is 793 g/mol. The highest BCUT2D eigenvalue weighted by Crippen LogP contribution is 2.54. The summed E-state index contributed by atoms with van der Waals surface area (Å²) in [7, 11) is 0. The van der Waals surface area contributed by atoms with Gasteiger partial charge in [0.1, 0.15) is 18.8 Å². The second-order valence-corrected chi connectivity index (χ2v) is 17.4. The van der Waals surface area contributed by atoms with Gasteiger partial charge in [-0.1, -0.05) is 100 Å². The van der Waals surface area contributed by atoms with Gasteiger partial charge in [-0.05, 0) is 95.1 Å². The quantitative estimate of drug-likeness (QED) is 0.178. The first-order valence-corrected chi connectivity index (χ1v) is 20.7. The molecule has 0 amide bonds. The largest absolute Gasteiger partial charge is 0.383 e. The monoisotopic (exact) mass is 792 g/mol. The van der Waals surface area contributed by atoms with E-state index in [0.717, 1.165) is 50.9 Å². The lowest BCUT2D eigenvalue weighted by Crippen LogP contribution is -2.30. The Hall–Kier alpha value is -7.42. The van der Waals surface area contributed by atoms with Crippen LogP contribution in [0.25, 0.3) is 38.9 Å². The molecule has 8 nitrogen and oxygen atoms in total. The fraction of sp³-hybridized carbons (Fsp3) is 0.132. The standard InChI is InChI=1S/C53H40N6O2/c1-52(2)38-13-5-9-17-44(38)57(45-18-10-6-14-39(45)52)32-21-23-42-34(27-32)49(60)36-25-31(51-55-29-54-30-56-51)26-37-48(36)59(42)43-24-22-33(28-35(43)50(37)61)58-46-19-11-7-15-40(46)53(3,4)41-16-8-12-20-47(41)58/h5-30,49,60H,1-4H3. The van der Waals surface area contributed by atoms with E-state index >= 15 is 4.79 Å². The van der Waals surface area contributed by atoms with Crippen LogP contribution in [0, 0.1) is 0 Å². The molecule has 1 atom stereocenters. The maximum Gasteiger partial charge on any atom is 0.197 e. The molecule has 294 valence electrons. The van der Waals surface area contributed by atoms with Gasteiger partial charge in [0.2, 0.25) is 0 Å². The number of rotatable bonds is 3. The molecule has 3 aliphatic heterocycles. The maximum atomic E-state index is 15.1. The second-order valence-electron chi connectivity index (χ2n) is 17.4. The minimum atomic E-state index is -1.05. The smallest absolute Gasteiger partial charge is 0.197 e. The van der Waals surface area contributed by atoms with Crippen molar-refractivity contribution in [1.29, 1.82) is 0 Å². The Labute approximate surface area is 352 Å². The minimum absolute atomic E-state index is 0.129. The summed E-state index contributed by atoms with van der Waals surface area (Å²) in [6, 6.07) is 50.6. The van der Waals surface area contributed by atoms with Gasteiger partial charge in [-0.15, -0.1) is 0 Å². The van der Waals surface area contributed by atoms with Crippen LogP contribution in [0.4, 0.5) is 34.1 Å². The predicted octanol–water partition coefficient (Wildman–Crippen LogP) is 11.6. The summed E-state index contributed by atoms with van der Waals surface area (Å²) < 4.78 is 2.16. The molecular weight excluding hydrogens is 753 g/mol. The number of aliphatic hydroxyl groups is 1. The summed E-state index contributed by atoms with van der Waals surface area (Å²) in [5.41, 5.74) is 14.7. The number of aliphatic hydroxyl groups excluding tert-OH is 1. The Bertz CT molecular complexity index is 3290. The number of nitrogens with zero attached hydrogens (tertiary/aromatic N) is 6. The number of benzene rings is 7. The normalized spacial score (nSPS) is 16.4. The molecule has 0 saturated heterocycles. The second kappa shape index (κ2) is 12.5. The summed E-state index contributed by atoms with van der Waals surface area (Å²) in [5, 5.41) is 13.6. The molecule has 0 fully saturated rings. The zero-order chi connectivity index (χ0) is 41.4. The summed E-state index contributed by atoms with van der Waals surface area (Å²) in [6.45, 7) is 9.10. The minimum Gasteiger partial charge on any atom is -0.383 e. The van der Waals surface area contributed by atoms with Crippen molar-refractivity contribution in [3.63, 3.8) is 0 Å². The third-order valence-electron chi connectivity index (χ3n) is 13.5. The van der Waals surface area contributed by atoms with Gasteiger partial charge in [-0.25, -0.2) is 15.0 Å². The van der Waals surface area contributed by atoms with Crippen LogP contribution in [0.1, 0.15) is 67.2 Å². The van der Waals surface area contributed by atoms with Crippen LogP contribution in [0.2, 0.25) is 0 Å². The van der Waals surface area contributed by atoms with Crippen molar-refractivity contribution < 1.29 is 5.11 Å². The number of aromatic nitrogens is 4. The molecule has 8 heteroatoms. The van der Waals surface area contributed by atoms with E-state index < -0.39 is 6.10 Å². The van der Waals surface area contributed by atoms with Gasteiger partial charge in [0.15, 0.2) is 11.3 Å². The zero-order valence-corrected chi connectivity index (χ0v) is 34.1. The summed E-state index contributed by atoms with van der Waals surface area (Å²) in [4.78, 5) is 32.7. The highest BCUT2D eigenvalue weighted by molar-refractivity contribution is 6.02. The lowest BCUT2D eigenvalue weighted by atomic mass is 9.73. The molecule has 2 aromatic heterocycles. The Morgan fingerprint density at radius 1 is 0.525 bits per heavy atom. The summed E-state index contributed by atoms with van der Waals surface area (Å²) >= 11 is 0. The molecule has 9 aromatic rings. The first-order valence-electron chi connectivity index (χ1n) is 20.7. The summed E-state index contributed by atoms with van der Waals surface area (Å²) in [6.07, 6.45) is 1.85. The Balaban J connectivity index is 1.12. The first-order chi connectivity index (χ1) is 29.6. The topological polar surface area (TPSA) is 87.4 Å². The van der Waals surface area contributed by atoms with Crippen molar-refractivity contribution in [3.05, 3.63) is 202 Å². The van der Waals surface area contributed by atoms with Crippen molar-refractivity contribution in [2.45, 2.75) is 44.6 Å². The molecule has 12 rings (SSSR count). The van der Waals surface area contributed by atoms with Gasteiger partial charge in [0.25, 0.3) is 0 Å². The number of fused-ring (bicyclic) bond motifs is 8. The van der Waals surface area contributed by atoms with Gasteiger partial charge >= 0.3 is 0 Å². The highest BCUT2D eigenvalue weighted by Gasteiger charge is 2.39. The maximum absolute atomic E-state index is 15.1. The molecule has 61 heavy (non-hydrogen) atoms. The molecule has 0 bridgehead atoms. The molecule has 0 spiro atoms. The third kappa shape index (κ3) is 4.85. The van der Waals surface area contributed by atoms with Gasteiger partial charge in [0, 0.05) is 49.7 Å². The molecule has 3 aliphatic rings. The highest BCUT2D eigenvalue weighted by atomic mass is 16.3.